The molecule has 0 aliphatic carbocycles. The van der Waals surface area contributed by atoms with Gasteiger partial charge in [-0.25, -0.2) is 9.37 Å². The average Bonchev–Trinajstić information content (AvgIpc) is 2.63. The van der Waals surface area contributed by atoms with Crippen molar-refractivity contribution in [2.24, 2.45) is 0 Å². The van der Waals surface area contributed by atoms with Gasteiger partial charge in [0.05, 0.1) is 17.5 Å². The van der Waals surface area contributed by atoms with E-state index in [1.807, 2.05) is 0 Å². The van der Waals surface area contributed by atoms with Gasteiger partial charge in [-0.3, -0.25) is 14.2 Å². The normalized spacial score (nSPS) is 10.8. The molecule has 0 radical (unpaired) electrons. The molecule has 8 heteroatoms. The van der Waals surface area contributed by atoms with Crippen LogP contribution < -0.4 is 10.3 Å². The largest absolute Gasteiger partial charge is 0.493 e. The molecule has 1 N–H and O–H groups in total. The van der Waals surface area contributed by atoms with Crippen molar-refractivity contribution < 1.29 is 19.0 Å². The molecule has 134 valence electrons. The highest BCUT2D eigenvalue weighted by molar-refractivity contribution is 7.99. The van der Waals surface area contributed by atoms with Crippen molar-refractivity contribution in [3.8, 4) is 5.75 Å². The SMILES string of the molecule is O=C(O)Cn1c(SCCOc2ccc(F)cc2)nc2ccccc2c1=O. The molecule has 0 bridgehead atoms. The van der Waals surface area contributed by atoms with Crippen LogP contribution in [0.25, 0.3) is 10.9 Å². The van der Waals surface area contributed by atoms with E-state index < -0.39 is 12.5 Å². The number of ether oxygens (including phenoxy) is 1. The molecule has 0 amide bonds. The number of carboxylic acids is 1. The summed E-state index contributed by atoms with van der Waals surface area (Å²) in [7, 11) is 0. The van der Waals surface area contributed by atoms with Gasteiger partial charge in [0, 0.05) is 5.75 Å². The summed E-state index contributed by atoms with van der Waals surface area (Å²) in [5, 5.41) is 9.77. The first-order valence-corrected chi connectivity index (χ1v) is 8.75. The number of aromatic nitrogens is 2. The fraction of sp³-hybridized carbons (Fsp3) is 0.167. The molecule has 0 fully saturated rings. The molecule has 3 rings (SSSR count). The van der Waals surface area contributed by atoms with Crippen molar-refractivity contribution in [1.29, 1.82) is 0 Å². The second-order valence-corrected chi connectivity index (χ2v) is 6.41. The van der Waals surface area contributed by atoms with Gasteiger partial charge in [0.1, 0.15) is 18.1 Å². The molecule has 1 aromatic heterocycles. The van der Waals surface area contributed by atoms with Crippen molar-refractivity contribution in [2.45, 2.75) is 11.7 Å². The number of para-hydroxylation sites is 1. The highest BCUT2D eigenvalue weighted by atomic mass is 32.2. The van der Waals surface area contributed by atoms with Crippen molar-refractivity contribution in [2.75, 3.05) is 12.4 Å². The Morgan fingerprint density at radius 3 is 2.65 bits per heavy atom. The number of fused-ring (bicyclic) bond motifs is 1. The second-order valence-electron chi connectivity index (χ2n) is 5.35. The Morgan fingerprint density at radius 1 is 1.19 bits per heavy atom. The van der Waals surface area contributed by atoms with Crippen LogP contribution in [0.5, 0.6) is 5.75 Å². The first-order chi connectivity index (χ1) is 12.5. The summed E-state index contributed by atoms with van der Waals surface area (Å²) in [5.74, 6) is -0.485. The maximum Gasteiger partial charge on any atom is 0.323 e. The minimum Gasteiger partial charge on any atom is -0.493 e. The summed E-state index contributed by atoms with van der Waals surface area (Å²) in [6.07, 6.45) is 0. The Hall–Kier alpha value is -2.87. The molecule has 0 aliphatic rings. The summed E-state index contributed by atoms with van der Waals surface area (Å²) in [5.41, 5.74) is 0.126. The zero-order valence-corrected chi connectivity index (χ0v) is 14.4. The van der Waals surface area contributed by atoms with Crippen molar-refractivity contribution in [1.82, 2.24) is 9.55 Å². The molecular weight excluding hydrogens is 359 g/mol. The number of benzene rings is 2. The lowest BCUT2D eigenvalue weighted by atomic mass is 10.2. The van der Waals surface area contributed by atoms with Crippen molar-refractivity contribution in [3.63, 3.8) is 0 Å². The first-order valence-electron chi connectivity index (χ1n) is 7.77. The molecular formula is C18H15FN2O4S. The molecule has 0 unspecified atom stereocenters. The Labute approximate surface area is 152 Å². The van der Waals surface area contributed by atoms with E-state index in [0.717, 1.165) is 4.57 Å². The van der Waals surface area contributed by atoms with Gasteiger partial charge in [-0.1, -0.05) is 23.9 Å². The van der Waals surface area contributed by atoms with Crippen LogP contribution in [0.4, 0.5) is 4.39 Å². The summed E-state index contributed by atoms with van der Waals surface area (Å²) >= 11 is 1.23. The zero-order chi connectivity index (χ0) is 18.5. The number of hydrogen-bond acceptors (Lipinski definition) is 5. The van der Waals surface area contributed by atoms with Crippen LogP contribution >= 0.6 is 11.8 Å². The maximum atomic E-state index is 12.9. The molecule has 6 nitrogen and oxygen atoms in total. The fourth-order valence-corrected chi connectivity index (χ4v) is 3.17. The van der Waals surface area contributed by atoms with Crippen LogP contribution in [0.3, 0.4) is 0 Å². The first kappa shape index (κ1) is 17.9. The number of nitrogens with zero attached hydrogens (tertiary/aromatic N) is 2. The van der Waals surface area contributed by atoms with Gasteiger partial charge in [-0.2, -0.15) is 0 Å². The maximum absolute atomic E-state index is 12.9. The summed E-state index contributed by atoms with van der Waals surface area (Å²) < 4.78 is 19.5. The lowest BCUT2D eigenvalue weighted by Crippen LogP contribution is -2.27. The van der Waals surface area contributed by atoms with Crippen LogP contribution in [0, 0.1) is 5.82 Å². The van der Waals surface area contributed by atoms with E-state index in [1.165, 1.54) is 36.0 Å². The van der Waals surface area contributed by atoms with Gasteiger partial charge in [0.15, 0.2) is 5.16 Å². The minimum atomic E-state index is -1.12. The van der Waals surface area contributed by atoms with Gasteiger partial charge in [-0.05, 0) is 36.4 Å². The quantitative estimate of drug-likeness (QED) is 0.389. The highest BCUT2D eigenvalue weighted by Crippen LogP contribution is 2.18. The second kappa shape index (κ2) is 8.01. The molecule has 2 aromatic carbocycles. The Balaban J connectivity index is 1.76. The van der Waals surface area contributed by atoms with Crippen LogP contribution in [-0.4, -0.2) is 33.0 Å². The molecule has 0 atom stereocenters. The standard InChI is InChI=1S/C18H15FN2O4S/c19-12-5-7-13(8-6-12)25-9-10-26-18-20-15-4-2-1-3-14(15)17(24)21(18)11-16(22)23/h1-8H,9-11H2,(H,22,23). The Morgan fingerprint density at radius 2 is 1.92 bits per heavy atom. The minimum absolute atomic E-state index is 0.298. The van der Waals surface area contributed by atoms with E-state index in [0.29, 0.717) is 34.2 Å². The summed E-state index contributed by atoms with van der Waals surface area (Å²) in [6.45, 7) is -0.163. The van der Waals surface area contributed by atoms with Crippen LogP contribution in [0.2, 0.25) is 0 Å². The number of carboxylic acid groups (broad SMARTS) is 1. The van der Waals surface area contributed by atoms with Gasteiger partial charge >= 0.3 is 5.97 Å². The number of thioether (sulfide) groups is 1. The number of carbonyl (C=O) groups is 1. The van der Waals surface area contributed by atoms with E-state index in [-0.39, 0.29) is 11.4 Å². The predicted molar refractivity (Wildman–Crippen MR) is 96.3 cm³/mol. The molecule has 3 aromatic rings. The van der Waals surface area contributed by atoms with Gasteiger partial charge in [-0.15, -0.1) is 0 Å². The molecule has 0 saturated carbocycles. The summed E-state index contributed by atoms with van der Waals surface area (Å²) in [4.78, 5) is 28.1. The van der Waals surface area contributed by atoms with E-state index in [1.54, 1.807) is 24.3 Å². The zero-order valence-electron chi connectivity index (χ0n) is 13.6. The smallest absolute Gasteiger partial charge is 0.323 e. The van der Waals surface area contributed by atoms with Gasteiger partial charge in [0.2, 0.25) is 0 Å². The third-order valence-electron chi connectivity index (χ3n) is 3.52. The summed E-state index contributed by atoms with van der Waals surface area (Å²) in [6, 6.07) is 12.5. The van der Waals surface area contributed by atoms with E-state index in [2.05, 4.69) is 4.98 Å². The van der Waals surface area contributed by atoms with Crippen molar-refractivity contribution in [3.05, 3.63) is 64.7 Å². The third kappa shape index (κ3) is 4.20. The van der Waals surface area contributed by atoms with Crippen LogP contribution in [0.1, 0.15) is 0 Å². The highest BCUT2D eigenvalue weighted by Gasteiger charge is 2.13. The molecule has 0 aliphatic heterocycles. The van der Waals surface area contributed by atoms with Gasteiger partial charge < -0.3 is 9.84 Å². The van der Waals surface area contributed by atoms with Crippen molar-refractivity contribution >= 4 is 28.6 Å². The number of halogens is 1. The Bertz CT molecular complexity index is 989. The molecule has 0 spiro atoms. The molecule has 0 saturated heterocycles. The van der Waals surface area contributed by atoms with Crippen LogP contribution in [0.15, 0.2) is 58.5 Å². The van der Waals surface area contributed by atoms with E-state index in [4.69, 9.17) is 9.84 Å². The Kier molecular flexibility index (Phi) is 5.52. The number of hydrogen-bond donors (Lipinski definition) is 1. The topological polar surface area (TPSA) is 81.4 Å². The third-order valence-corrected chi connectivity index (χ3v) is 4.46. The molecule has 26 heavy (non-hydrogen) atoms. The predicted octanol–water partition coefficient (Wildman–Crippen LogP) is 2.79. The molecule has 1 heterocycles. The average molecular weight is 374 g/mol. The van der Waals surface area contributed by atoms with Crippen LogP contribution in [-0.2, 0) is 11.3 Å². The number of aliphatic carboxylic acids is 1. The lowest BCUT2D eigenvalue weighted by Gasteiger charge is -2.11. The van der Waals surface area contributed by atoms with Gasteiger partial charge in [0.25, 0.3) is 5.56 Å². The fourth-order valence-electron chi connectivity index (χ4n) is 2.36. The van der Waals surface area contributed by atoms with E-state index >= 15 is 0 Å². The lowest BCUT2D eigenvalue weighted by molar-refractivity contribution is -0.137. The monoisotopic (exact) mass is 374 g/mol. The van der Waals surface area contributed by atoms with E-state index in [9.17, 15) is 14.0 Å². The number of rotatable bonds is 7.